The first-order chi connectivity index (χ1) is 11.2. The van der Waals surface area contributed by atoms with E-state index in [0.717, 1.165) is 11.1 Å². The molecule has 0 atom stereocenters. The SMILES string of the molecule is COC1=CC(=O)C2=C3C(=NC2=C1OC)C(=O)Cc1ccccc13. The van der Waals surface area contributed by atoms with Gasteiger partial charge in [0.1, 0.15) is 11.4 Å². The molecule has 23 heavy (non-hydrogen) atoms. The van der Waals surface area contributed by atoms with Crippen molar-refractivity contribution in [3.63, 3.8) is 0 Å². The van der Waals surface area contributed by atoms with Gasteiger partial charge in [0, 0.05) is 18.1 Å². The molecule has 1 heterocycles. The Balaban J connectivity index is 2.06. The van der Waals surface area contributed by atoms with Gasteiger partial charge in [0.25, 0.3) is 0 Å². The molecule has 4 rings (SSSR count). The summed E-state index contributed by atoms with van der Waals surface area (Å²) in [5.41, 5.74) is 3.53. The Morgan fingerprint density at radius 3 is 2.57 bits per heavy atom. The molecule has 1 aromatic carbocycles. The van der Waals surface area contributed by atoms with Crippen molar-refractivity contribution < 1.29 is 19.1 Å². The molecule has 0 N–H and O–H groups in total. The van der Waals surface area contributed by atoms with E-state index < -0.39 is 0 Å². The smallest absolute Gasteiger partial charge is 0.192 e. The van der Waals surface area contributed by atoms with Crippen molar-refractivity contribution in [2.75, 3.05) is 14.2 Å². The molecule has 0 radical (unpaired) electrons. The Kier molecular flexibility index (Phi) is 2.84. The minimum atomic E-state index is -0.226. The fourth-order valence-electron chi connectivity index (χ4n) is 3.23. The zero-order valence-corrected chi connectivity index (χ0v) is 12.7. The molecule has 0 saturated heterocycles. The number of carbonyl (C=O) groups is 2. The first kappa shape index (κ1) is 13.7. The number of Topliss-reactive ketones (excluding diaryl/α,β-unsaturated/α-hetero) is 1. The van der Waals surface area contributed by atoms with Crippen molar-refractivity contribution in [2.45, 2.75) is 6.42 Å². The maximum absolute atomic E-state index is 12.6. The highest BCUT2D eigenvalue weighted by Gasteiger charge is 2.40. The second-order valence-corrected chi connectivity index (χ2v) is 5.43. The standard InChI is InChI=1S/C18H13NO4/c1-22-13-8-11(20)15-14-10-6-4-3-5-9(10)7-12(21)16(14)19-17(15)18(13)23-2/h3-6,8H,7H2,1-2H3. The van der Waals surface area contributed by atoms with Crippen LogP contribution in [0.5, 0.6) is 0 Å². The Morgan fingerprint density at radius 1 is 1.04 bits per heavy atom. The average molecular weight is 307 g/mol. The first-order valence-electron chi connectivity index (χ1n) is 7.19. The summed E-state index contributed by atoms with van der Waals surface area (Å²) < 4.78 is 10.6. The maximum Gasteiger partial charge on any atom is 0.192 e. The van der Waals surface area contributed by atoms with E-state index in [1.165, 1.54) is 20.3 Å². The molecule has 0 saturated carbocycles. The monoisotopic (exact) mass is 307 g/mol. The molecule has 0 aromatic heterocycles. The number of hydrogen-bond donors (Lipinski definition) is 0. The van der Waals surface area contributed by atoms with Crippen molar-refractivity contribution in [1.29, 1.82) is 0 Å². The predicted molar refractivity (Wildman–Crippen MR) is 83.6 cm³/mol. The van der Waals surface area contributed by atoms with Crippen molar-refractivity contribution >= 4 is 22.9 Å². The van der Waals surface area contributed by atoms with Crippen LogP contribution in [0.15, 0.2) is 58.1 Å². The van der Waals surface area contributed by atoms with Gasteiger partial charge in [-0.05, 0) is 11.1 Å². The number of fused-ring (bicyclic) bond motifs is 4. The van der Waals surface area contributed by atoms with Gasteiger partial charge in [0.15, 0.2) is 23.1 Å². The molecular weight excluding hydrogens is 294 g/mol. The van der Waals surface area contributed by atoms with Gasteiger partial charge in [0.2, 0.25) is 0 Å². The molecule has 1 aliphatic heterocycles. The average Bonchev–Trinajstić information content (AvgIpc) is 2.96. The number of nitrogens with zero attached hydrogens (tertiary/aromatic N) is 1. The highest BCUT2D eigenvalue weighted by atomic mass is 16.5. The van der Waals surface area contributed by atoms with Gasteiger partial charge in [-0.3, -0.25) is 9.59 Å². The van der Waals surface area contributed by atoms with Crippen molar-refractivity contribution in [1.82, 2.24) is 0 Å². The molecule has 114 valence electrons. The summed E-state index contributed by atoms with van der Waals surface area (Å²) in [5, 5.41) is 0. The topological polar surface area (TPSA) is 65.0 Å². The molecular formula is C18H13NO4. The summed E-state index contributed by atoms with van der Waals surface area (Å²) in [6, 6.07) is 7.60. The number of allylic oxidation sites excluding steroid dienone is 3. The number of methoxy groups -OCH3 is 2. The summed E-state index contributed by atoms with van der Waals surface area (Å²) in [5.74, 6) is 0.383. The number of benzene rings is 1. The molecule has 5 nitrogen and oxygen atoms in total. The van der Waals surface area contributed by atoms with Crippen LogP contribution in [0, 0.1) is 0 Å². The summed E-state index contributed by atoms with van der Waals surface area (Å²) in [6.07, 6.45) is 1.67. The number of ether oxygens (including phenoxy) is 2. The van der Waals surface area contributed by atoms with Crippen LogP contribution in [-0.4, -0.2) is 31.5 Å². The summed E-state index contributed by atoms with van der Waals surface area (Å²) >= 11 is 0. The molecule has 3 aliphatic rings. The second kappa shape index (κ2) is 4.78. The van der Waals surface area contributed by atoms with Crippen molar-refractivity contribution in [3.8, 4) is 0 Å². The Labute approximate surface area is 132 Å². The first-order valence-corrected chi connectivity index (χ1v) is 7.19. The number of ketones is 2. The maximum atomic E-state index is 12.6. The van der Waals surface area contributed by atoms with Gasteiger partial charge in [-0.1, -0.05) is 24.3 Å². The molecule has 0 unspecified atom stereocenters. The van der Waals surface area contributed by atoms with E-state index >= 15 is 0 Å². The minimum absolute atomic E-state index is 0.0877. The lowest BCUT2D eigenvalue weighted by atomic mass is 9.82. The lowest BCUT2D eigenvalue weighted by Gasteiger charge is -2.19. The number of carbonyl (C=O) groups excluding carboxylic acids is 2. The molecule has 0 fully saturated rings. The number of hydrogen-bond acceptors (Lipinski definition) is 5. The molecule has 1 aromatic rings. The third kappa shape index (κ3) is 1.76. The van der Waals surface area contributed by atoms with Crippen molar-refractivity contribution in [3.05, 3.63) is 64.3 Å². The van der Waals surface area contributed by atoms with E-state index in [1.807, 2.05) is 24.3 Å². The van der Waals surface area contributed by atoms with E-state index in [1.54, 1.807) is 0 Å². The highest BCUT2D eigenvalue weighted by Crippen LogP contribution is 2.42. The summed E-state index contributed by atoms with van der Waals surface area (Å²) in [6.45, 7) is 0. The van der Waals surface area contributed by atoms with Crippen LogP contribution in [0.25, 0.3) is 5.57 Å². The molecule has 0 amide bonds. The van der Waals surface area contributed by atoms with Gasteiger partial charge in [-0.2, -0.15) is 0 Å². The lowest BCUT2D eigenvalue weighted by Crippen LogP contribution is -2.24. The highest BCUT2D eigenvalue weighted by molar-refractivity contribution is 6.61. The third-order valence-corrected chi connectivity index (χ3v) is 4.22. The Morgan fingerprint density at radius 2 is 1.83 bits per heavy atom. The van der Waals surface area contributed by atoms with Crippen LogP contribution < -0.4 is 0 Å². The van der Waals surface area contributed by atoms with Gasteiger partial charge in [-0.15, -0.1) is 0 Å². The van der Waals surface area contributed by atoms with Crippen LogP contribution in [0.2, 0.25) is 0 Å². The summed E-state index contributed by atoms with van der Waals surface area (Å²) in [4.78, 5) is 29.5. The Hall–Kier alpha value is -2.95. The van der Waals surface area contributed by atoms with Crippen molar-refractivity contribution in [2.24, 2.45) is 4.99 Å². The van der Waals surface area contributed by atoms with E-state index in [0.29, 0.717) is 40.5 Å². The van der Waals surface area contributed by atoms with Crippen LogP contribution in [0.3, 0.4) is 0 Å². The van der Waals surface area contributed by atoms with E-state index in [4.69, 9.17) is 9.47 Å². The number of rotatable bonds is 2. The van der Waals surface area contributed by atoms with Crippen LogP contribution in [-0.2, 0) is 25.5 Å². The largest absolute Gasteiger partial charge is 0.493 e. The molecule has 0 spiro atoms. The van der Waals surface area contributed by atoms with Crippen LogP contribution >= 0.6 is 0 Å². The number of aliphatic imine (C=N–C) groups is 1. The molecule has 0 bridgehead atoms. The molecule has 5 heteroatoms. The predicted octanol–water partition coefficient (Wildman–Crippen LogP) is 1.99. The fourth-order valence-corrected chi connectivity index (χ4v) is 3.23. The normalized spacial score (nSPS) is 19.0. The minimum Gasteiger partial charge on any atom is -0.493 e. The van der Waals surface area contributed by atoms with Gasteiger partial charge in [0.05, 0.1) is 19.8 Å². The zero-order chi connectivity index (χ0) is 16.1. The zero-order valence-electron chi connectivity index (χ0n) is 12.7. The van der Waals surface area contributed by atoms with Crippen LogP contribution in [0.1, 0.15) is 11.1 Å². The van der Waals surface area contributed by atoms with Gasteiger partial charge in [-0.25, -0.2) is 4.99 Å². The van der Waals surface area contributed by atoms with Crippen LogP contribution in [0.4, 0.5) is 0 Å². The summed E-state index contributed by atoms with van der Waals surface area (Å²) in [7, 11) is 2.96. The third-order valence-electron chi connectivity index (χ3n) is 4.22. The van der Waals surface area contributed by atoms with E-state index in [9.17, 15) is 9.59 Å². The second-order valence-electron chi connectivity index (χ2n) is 5.43. The van der Waals surface area contributed by atoms with E-state index in [-0.39, 0.29) is 11.6 Å². The molecule has 2 aliphatic carbocycles. The lowest BCUT2D eigenvalue weighted by molar-refractivity contribution is -0.112. The van der Waals surface area contributed by atoms with E-state index in [2.05, 4.69) is 4.99 Å². The Bertz CT molecular complexity index is 899. The fraction of sp³-hybridized carbons (Fsp3) is 0.167. The van der Waals surface area contributed by atoms with Gasteiger partial charge < -0.3 is 9.47 Å². The quantitative estimate of drug-likeness (QED) is 0.838. The van der Waals surface area contributed by atoms with Gasteiger partial charge >= 0.3 is 0 Å².